The van der Waals surface area contributed by atoms with Crippen molar-refractivity contribution in [2.24, 2.45) is 0 Å². The minimum atomic E-state index is -0.372. The van der Waals surface area contributed by atoms with Crippen LogP contribution in [0, 0.1) is 5.82 Å². The van der Waals surface area contributed by atoms with E-state index in [-0.39, 0.29) is 5.82 Å². The number of rotatable bonds is 5. The van der Waals surface area contributed by atoms with Gasteiger partial charge in [-0.05, 0) is 24.6 Å². The van der Waals surface area contributed by atoms with Crippen molar-refractivity contribution >= 4 is 28.9 Å². The molecule has 0 bridgehead atoms. The fraction of sp³-hybridized carbons (Fsp3) is 0.231. The normalized spacial score (nSPS) is 10.3. The van der Waals surface area contributed by atoms with E-state index in [9.17, 15) is 4.39 Å². The van der Waals surface area contributed by atoms with Gasteiger partial charge in [-0.25, -0.2) is 14.4 Å². The van der Waals surface area contributed by atoms with Gasteiger partial charge in [-0.3, -0.25) is 0 Å². The molecule has 4 nitrogen and oxygen atoms in total. The fourth-order valence-electron chi connectivity index (χ4n) is 1.50. The highest BCUT2D eigenvalue weighted by Gasteiger charge is 2.04. The standard InChI is InChI=1S/C13H14ClFN4/c1-2-5-16-12-7-13(18-8-17-12)19-11-4-3-9(15)6-10(11)14/h3-4,6-8H,2,5H2,1H3,(H2,16,17,18,19). The minimum Gasteiger partial charge on any atom is -0.370 e. The zero-order valence-electron chi connectivity index (χ0n) is 10.5. The first-order valence-corrected chi connectivity index (χ1v) is 6.35. The van der Waals surface area contributed by atoms with Crippen molar-refractivity contribution in [2.45, 2.75) is 13.3 Å². The monoisotopic (exact) mass is 280 g/mol. The van der Waals surface area contributed by atoms with E-state index >= 15 is 0 Å². The molecule has 2 aromatic rings. The summed E-state index contributed by atoms with van der Waals surface area (Å²) in [6.07, 6.45) is 2.47. The highest BCUT2D eigenvalue weighted by molar-refractivity contribution is 6.33. The van der Waals surface area contributed by atoms with E-state index in [1.54, 1.807) is 12.1 Å². The van der Waals surface area contributed by atoms with Gasteiger partial charge in [0.15, 0.2) is 0 Å². The molecule has 0 aliphatic carbocycles. The first-order valence-electron chi connectivity index (χ1n) is 5.97. The second kappa shape index (κ2) is 6.33. The molecule has 0 fully saturated rings. The number of nitrogens with one attached hydrogen (secondary N) is 2. The van der Waals surface area contributed by atoms with Crippen molar-refractivity contribution < 1.29 is 4.39 Å². The van der Waals surface area contributed by atoms with E-state index < -0.39 is 0 Å². The van der Waals surface area contributed by atoms with E-state index in [1.807, 2.05) is 0 Å². The molecule has 0 saturated carbocycles. The van der Waals surface area contributed by atoms with Gasteiger partial charge in [0, 0.05) is 12.6 Å². The summed E-state index contributed by atoms with van der Waals surface area (Å²) in [5, 5.41) is 6.49. The van der Waals surface area contributed by atoms with Gasteiger partial charge >= 0.3 is 0 Å². The number of aromatic nitrogens is 2. The van der Waals surface area contributed by atoms with E-state index in [0.29, 0.717) is 16.5 Å². The Kier molecular flexibility index (Phi) is 4.52. The van der Waals surface area contributed by atoms with Gasteiger partial charge in [0.05, 0.1) is 10.7 Å². The van der Waals surface area contributed by atoms with E-state index in [0.717, 1.165) is 18.8 Å². The van der Waals surface area contributed by atoms with Crippen molar-refractivity contribution in [1.82, 2.24) is 9.97 Å². The highest BCUT2D eigenvalue weighted by atomic mass is 35.5. The van der Waals surface area contributed by atoms with Crippen LogP contribution in [-0.2, 0) is 0 Å². The Morgan fingerprint density at radius 2 is 2.00 bits per heavy atom. The van der Waals surface area contributed by atoms with E-state index in [1.165, 1.54) is 18.5 Å². The first-order chi connectivity index (χ1) is 9.19. The Balaban J connectivity index is 2.14. The fourth-order valence-corrected chi connectivity index (χ4v) is 1.72. The molecule has 2 rings (SSSR count). The smallest absolute Gasteiger partial charge is 0.135 e. The topological polar surface area (TPSA) is 49.8 Å². The van der Waals surface area contributed by atoms with Gasteiger partial charge in [-0.2, -0.15) is 0 Å². The summed E-state index contributed by atoms with van der Waals surface area (Å²) >= 11 is 5.94. The van der Waals surface area contributed by atoms with Crippen molar-refractivity contribution in [3.63, 3.8) is 0 Å². The maximum atomic E-state index is 12.9. The molecule has 0 spiro atoms. The van der Waals surface area contributed by atoms with Crippen LogP contribution in [0.2, 0.25) is 5.02 Å². The lowest BCUT2D eigenvalue weighted by Gasteiger charge is -2.09. The Bertz CT molecular complexity index is 562. The molecule has 0 amide bonds. The Morgan fingerprint density at radius 1 is 1.21 bits per heavy atom. The van der Waals surface area contributed by atoms with Crippen LogP contribution < -0.4 is 10.6 Å². The lowest BCUT2D eigenvalue weighted by Crippen LogP contribution is -2.03. The molecule has 0 saturated heterocycles. The second-order valence-corrected chi connectivity index (χ2v) is 4.37. The lowest BCUT2D eigenvalue weighted by molar-refractivity contribution is 0.628. The van der Waals surface area contributed by atoms with Crippen LogP contribution in [0.15, 0.2) is 30.6 Å². The average molecular weight is 281 g/mol. The molecular formula is C13H14ClFN4. The molecule has 0 radical (unpaired) electrons. The zero-order valence-corrected chi connectivity index (χ0v) is 11.2. The van der Waals surface area contributed by atoms with Gasteiger partial charge in [0.25, 0.3) is 0 Å². The summed E-state index contributed by atoms with van der Waals surface area (Å²) in [6, 6.07) is 5.93. The Morgan fingerprint density at radius 3 is 2.74 bits per heavy atom. The van der Waals surface area contributed by atoms with E-state index in [2.05, 4.69) is 27.5 Å². The number of hydrogen-bond donors (Lipinski definition) is 2. The summed E-state index contributed by atoms with van der Waals surface area (Å²) in [4.78, 5) is 8.19. The molecular weight excluding hydrogens is 267 g/mol. The third-order valence-corrected chi connectivity index (χ3v) is 2.73. The van der Waals surface area contributed by atoms with Gasteiger partial charge in [-0.1, -0.05) is 18.5 Å². The van der Waals surface area contributed by atoms with E-state index in [4.69, 9.17) is 11.6 Å². The molecule has 6 heteroatoms. The first kappa shape index (κ1) is 13.5. The van der Waals surface area contributed by atoms with Gasteiger partial charge in [0.1, 0.15) is 23.8 Å². The summed E-state index contributed by atoms with van der Waals surface area (Å²) in [5.74, 6) is 0.961. The van der Waals surface area contributed by atoms with Crippen molar-refractivity contribution in [3.8, 4) is 0 Å². The molecule has 2 N–H and O–H groups in total. The maximum Gasteiger partial charge on any atom is 0.135 e. The molecule has 1 heterocycles. The molecule has 0 aliphatic rings. The molecule has 1 aromatic carbocycles. The summed E-state index contributed by atoms with van der Waals surface area (Å²) in [5.41, 5.74) is 0.600. The van der Waals surface area contributed by atoms with Crippen molar-refractivity contribution in [2.75, 3.05) is 17.2 Å². The lowest BCUT2D eigenvalue weighted by atomic mass is 10.3. The molecule has 100 valence electrons. The number of anilines is 3. The van der Waals surface area contributed by atoms with Crippen molar-refractivity contribution in [1.29, 1.82) is 0 Å². The third kappa shape index (κ3) is 3.79. The predicted octanol–water partition coefficient (Wildman–Crippen LogP) is 3.83. The third-order valence-electron chi connectivity index (χ3n) is 2.42. The summed E-state index contributed by atoms with van der Waals surface area (Å²) < 4.78 is 12.9. The number of benzene rings is 1. The van der Waals surface area contributed by atoms with Crippen LogP contribution in [0.3, 0.4) is 0 Å². The van der Waals surface area contributed by atoms with Crippen LogP contribution in [0.1, 0.15) is 13.3 Å². The van der Waals surface area contributed by atoms with Gasteiger partial charge in [0.2, 0.25) is 0 Å². The predicted molar refractivity (Wildman–Crippen MR) is 75.5 cm³/mol. The van der Waals surface area contributed by atoms with Gasteiger partial charge < -0.3 is 10.6 Å². The second-order valence-electron chi connectivity index (χ2n) is 3.96. The summed E-state index contributed by atoms with van der Waals surface area (Å²) in [6.45, 7) is 2.92. The highest BCUT2D eigenvalue weighted by Crippen LogP contribution is 2.25. The Labute approximate surface area is 116 Å². The largest absolute Gasteiger partial charge is 0.370 e. The van der Waals surface area contributed by atoms with Crippen LogP contribution >= 0.6 is 11.6 Å². The quantitative estimate of drug-likeness (QED) is 0.874. The summed E-state index contributed by atoms with van der Waals surface area (Å²) in [7, 11) is 0. The van der Waals surface area contributed by atoms with Crippen LogP contribution in [0.5, 0.6) is 0 Å². The van der Waals surface area contributed by atoms with Gasteiger partial charge in [-0.15, -0.1) is 0 Å². The molecule has 1 aromatic heterocycles. The number of nitrogens with zero attached hydrogens (tertiary/aromatic N) is 2. The molecule has 0 unspecified atom stereocenters. The molecule has 0 atom stereocenters. The maximum absolute atomic E-state index is 12.9. The Hall–Kier alpha value is -1.88. The molecule has 0 aliphatic heterocycles. The average Bonchev–Trinajstić information content (AvgIpc) is 2.40. The van der Waals surface area contributed by atoms with Crippen LogP contribution in [-0.4, -0.2) is 16.5 Å². The minimum absolute atomic E-state index is 0.307. The van der Waals surface area contributed by atoms with Crippen LogP contribution in [0.4, 0.5) is 21.7 Å². The SMILES string of the molecule is CCCNc1cc(Nc2ccc(F)cc2Cl)ncn1. The van der Waals surface area contributed by atoms with Crippen molar-refractivity contribution in [3.05, 3.63) is 41.4 Å². The number of hydrogen-bond acceptors (Lipinski definition) is 4. The van der Waals surface area contributed by atoms with Crippen LogP contribution in [0.25, 0.3) is 0 Å². The zero-order chi connectivity index (χ0) is 13.7. The molecule has 19 heavy (non-hydrogen) atoms. The number of halogens is 2.